The van der Waals surface area contributed by atoms with Gasteiger partial charge < -0.3 is 4.90 Å². The van der Waals surface area contributed by atoms with Crippen molar-refractivity contribution in [2.75, 3.05) is 11.9 Å². The molecule has 18 heavy (non-hydrogen) atoms. The molecule has 1 aliphatic heterocycles. The monoisotopic (exact) mass is 285 g/mol. The maximum Gasteiger partial charge on any atom is 0.322 e. The highest BCUT2D eigenvalue weighted by Gasteiger charge is 2.37. The Bertz CT molecular complexity index is 476. The molecule has 2 atom stereocenters. The van der Waals surface area contributed by atoms with E-state index in [-0.39, 0.29) is 6.03 Å². The van der Waals surface area contributed by atoms with Gasteiger partial charge >= 0.3 is 6.03 Å². The van der Waals surface area contributed by atoms with E-state index in [1.807, 2.05) is 11.8 Å². The topological polar surface area (TPSA) is 45.2 Å². The van der Waals surface area contributed by atoms with Crippen LogP contribution in [0.3, 0.4) is 0 Å². The SMILES string of the molecule is Cc1nsc(NC(=O)N2CC3CCCC2C3)c1Cl. The Hall–Kier alpha value is -0.810. The highest BCUT2D eigenvalue weighted by molar-refractivity contribution is 7.11. The summed E-state index contributed by atoms with van der Waals surface area (Å²) in [7, 11) is 0. The first-order chi connectivity index (χ1) is 8.65. The predicted octanol–water partition coefficient (Wildman–Crippen LogP) is 3.51. The number of anilines is 1. The number of fused-ring (bicyclic) bond motifs is 2. The Morgan fingerprint density at radius 2 is 2.39 bits per heavy atom. The summed E-state index contributed by atoms with van der Waals surface area (Å²) in [5.74, 6) is 0.702. The Balaban J connectivity index is 1.70. The number of urea groups is 1. The van der Waals surface area contributed by atoms with Crippen LogP contribution >= 0.6 is 23.1 Å². The lowest BCUT2D eigenvalue weighted by atomic mass is 9.91. The van der Waals surface area contributed by atoms with Gasteiger partial charge in [0.25, 0.3) is 0 Å². The predicted molar refractivity (Wildman–Crippen MR) is 73.3 cm³/mol. The van der Waals surface area contributed by atoms with E-state index in [2.05, 4.69) is 9.69 Å². The average molecular weight is 286 g/mol. The molecule has 2 heterocycles. The normalized spacial score (nSPS) is 26.4. The molecule has 0 spiro atoms. The molecule has 6 heteroatoms. The summed E-state index contributed by atoms with van der Waals surface area (Å²) in [5, 5.41) is 4.13. The number of nitrogens with zero attached hydrogens (tertiary/aromatic N) is 2. The Kier molecular flexibility index (Phi) is 3.20. The van der Waals surface area contributed by atoms with Crippen molar-refractivity contribution in [2.45, 2.75) is 38.6 Å². The molecule has 3 rings (SSSR count). The zero-order valence-corrected chi connectivity index (χ0v) is 11.9. The highest BCUT2D eigenvalue weighted by atomic mass is 35.5. The lowest BCUT2D eigenvalue weighted by molar-refractivity contribution is 0.205. The number of hydrogen-bond donors (Lipinski definition) is 1. The van der Waals surface area contributed by atoms with Crippen LogP contribution in [0.4, 0.5) is 9.80 Å². The second-order valence-corrected chi connectivity index (χ2v) is 6.33. The molecular formula is C12H16ClN3OS. The minimum atomic E-state index is -0.0186. The van der Waals surface area contributed by atoms with Gasteiger partial charge in [-0.25, -0.2) is 4.79 Å². The molecule has 0 radical (unpaired) electrons. The van der Waals surface area contributed by atoms with Crippen molar-refractivity contribution in [3.05, 3.63) is 10.7 Å². The number of nitrogens with one attached hydrogen (secondary N) is 1. The van der Waals surface area contributed by atoms with Crippen molar-refractivity contribution in [1.82, 2.24) is 9.27 Å². The fraction of sp³-hybridized carbons (Fsp3) is 0.667. The van der Waals surface area contributed by atoms with Crippen LogP contribution in [0.5, 0.6) is 0 Å². The van der Waals surface area contributed by atoms with Crippen molar-refractivity contribution in [1.29, 1.82) is 0 Å². The van der Waals surface area contributed by atoms with Crippen LogP contribution in [-0.4, -0.2) is 27.9 Å². The van der Waals surface area contributed by atoms with Crippen molar-refractivity contribution < 1.29 is 4.79 Å². The third-order valence-corrected chi connectivity index (χ3v) is 5.35. The van der Waals surface area contributed by atoms with Crippen molar-refractivity contribution in [2.24, 2.45) is 5.92 Å². The van der Waals surface area contributed by atoms with E-state index >= 15 is 0 Å². The molecule has 1 saturated carbocycles. The van der Waals surface area contributed by atoms with E-state index in [1.165, 1.54) is 30.8 Å². The fourth-order valence-electron chi connectivity index (χ4n) is 2.99. The van der Waals surface area contributed by atoms with E-state index in [1.54, 1.807) is 0 Å². The second kappa shape index (κ2) is 4.70. The third kappa shape index (κ3) is 2.10. The molecule has 1 N–H and O–H groups in total. The smallest absolute Gasteiger partial charge is 0.321 e. The van der Waals surface area contributed by atoms with E-state index in [0.717, 1.165) is 18.7 Å². The molecule has 1 aliphatic carbocycles. The van der Waals surface area contributed by atoms with Gasteiger partial charge in [-0.1, -0.05) is 18.0 Å². The summed E-state index contributed by atoms with van der Waals surface area (Å²) in [6, 6.07) is 0.409. The van der Waals surface area contributed by atoms with Crippen molar-refractivity contribution in [3.8, 4) is 0 Å². The number of hydrogen-bond acceptors (Lipinski definition) is 3. The zero-order chi connectivity index (χ0) is 12.7. The zero-order valence-electron chi connectivity index (χ0n) is 10.3. The molecule has 2 bridgehead atoms. The molecule has 1 aromatic heterocycles. The number of halogens is 1. The standard InChI is InChI=1S/C12H16ClN3OS/c1-7-10(13)11(18-15-7)14-12(17)16-6-8-3-2-4-9(16)5-8/h8-9H,2-6H2,1H3,(H,14,17). The summed E-state index contributed by atoms with van der Waals surface area (Å²) in [6.07, 6.45) is 4.82. The molecule has 1 aromatic rings. The van der Waals surface area contributed by atoms with Crippen LogP contribution in [0.1, 0.15) is 31.4 Å². The quantitative estimate of drug-likeness (QED) is 0.858. The molecular weight excluding hydrogens is 270 g/mol. The average Bonchev–Trinajstić information content (AvgIpc) is 2.83. The van der Waals surface area contributed by atoms with Crippen molar-refractivity contribution >= 4 is 34.2 Å². The molecule has 2 fully saturated rings. The van der Waals surface area contributed by atoms with Crippen LogP contribution in [0.15, 0.2) is 0 Å². The molecule has 2 aliphatic rings. The summed E-state index contributed by atoms with van der Waals surface area (Å²) in [5.41, 5.74) is 0.775. The maximum absolute atomic E-state index is 12.3. The summed E-state index contributed by atoms with van der Waals surface area (Å²) < 4.78 is 4.14. The third-order valence-electron chi connectivity index (χ3n) is 3.92. The molecule has 98 valence electrons. The van der Waals surface area contributed by atoms with Gasteiger partial charge in [-0.15, -0.1) is 0 Å². The van der Waals surface area contributed by atoms with Gasteiger partial charge in [0.2, 0.25) is 0 Å². The maximum atomic E-state index is 12.3. The number of rotatable bonds is 1. The van der Waals surface area contributed by atoms with Crippen LogP contribution in [0.25, 0.3) is 0 Å². The lowest BCUT2D eigenvalue weighted by Gasteiger charge is -2.24. The number of aromatic nitrogens is 1. The highest BCUT2D eigenvalue weighted by Crippen LogP contribution is 2.36. The summed E-state index contributed by atoms with van der Waals surface area (Å²) in [4.78, 5) is 14.2. The molecule has 2 unspecified atom stereocenters. The first-order valence-corrected chi connectivity index (χ1v) is 7.49. The Labute approximate surface area is 115 Å². The van der Waals surface area contributed by atoms with Gasteiger partial charge in [-0.2, -0.15) is 4.37 Å². The van der Waals surface area contributed by atoms with Crippen LogP contribution in [-0.2, 0) is 0 Å². The van der Waals surface area contributed by atoms with Crippen LogP contribution in [0.2, 0.25) is 5.02 Å². The summed E-state index contributed by atoms with van der Waals surface area (Å²) >= 11 is 7.33. The first-order valence-electron chi connectivity index (χ1n) is 6.34. The van der Waals surface area contributed by atoms with Gasteiger partial charge in [0, 0.05) is 12.6 Å². The Morgan fingerprint density at radius 3 is 3.06 bits per heavy atom. The molecule has 2 amide bonds. The fourth-order valence-corrected chi connectivity index (χ4v) is 3.92. The van der Waals surface area contributed by atoms with Crippen LogP contribution < -0.4 is 5.32 Å². The van der Waals surface area contributed by atoms with E-state index in [9.17, 15) is 4.79 Å². The van der Waals surface area contributed by atoms with Gasteiger partial charge in [-0.3, -0.25) is 5.32 Å². The number of aryl methyl sites for hydroxylation is 1. The second-order valence-electron chi connectivity index (χ2n) is 5.18. The first kappa shape index (κ1) is 12.2. The van der Waals surface area contributed by atoms with E-state index < -0.39 is 0 Å². The minimum absolute atomic E-state index is 0.0186. The van der Waals surface area contributed by atoms with Gasteiger partial charge in [0.05, 0.1) is 10.7 Å². The van der Waals surface area contributed by atoms with Gasteiger partial charge in [-0.05, 0) is 43.6 Å². The van der Waals surface area contributed by atoms with Crippen LogP contribution in [0, 0.1) is 12.8 Å². The van der Waals surface area contributed by atoms with Crippen molar-refractivity contribution in [3.63, 3.8) is 0 Å². The summed E-state index contributed by atoms with van der Waals surface area (Å²) in [6.45, 7) is 2.74. The number of likely N-dealkylation sites (tertiary alicyclic amines) is 1. The Morgan fingerprint density at radius 1 is 1.56 bits per heavy atom. The number of amides is 2. The molecule has 4 nitrogen and oxygen atoms in total. The van der Waals surface area contributed by atoms with Gasteiger partial charge in [0.15, 0.2) is 0 Å². The van der Waals surface area contributed by atoms with E-state index in [4.69, 9.17) is 11.6 Å². The number of carbonyl (C=O) groups excluding carboxylic acids is 1. The minimum Gasteiger partial charge on any atom is -0.321 e. The lowest BCUT2D eigenvalue weighted by Crippen LogP contribution is -2.38. The molecule has 0 aromatic carbocycles. The molecule has 1 saturated heterocycles. The largest absolute Gasteiger partial charge is 0.322 e. The van der Waals surface area contributed by atoms with Gasteiger partial charge in [0.1, 0.15) is 5.00 Å². The van der Waals surface area contributed by atoms with E-state index in [0.29, 0.717) is 22.0 Å². The number of carbonyl (C=O) groups is 1.